The zero-order chi connectivity index (χ0) is 17.2. The minimum atomic E-state index is -0.528. The van der Waals surface area contributed by atoms with Crippen LogP contribution < -0.4 is 0 Å². The minimum absolute atomic E-state index is 0.366. The number of rotatable bonds is 8. The summed E-state index contributed by atoms with van der Waals surface area (Å²) in [6.07, 6.45) is 2.90. The van der Waals surface area contributed by atoms with Gasteiger partial charge in [-0.05, 0) is 23.6 Å². The molecule has 0 aromatic heterocycles. The third kappa shape index (κ3) is 5.23. The first kappa shape index (κ1) is 17.7. The van der Waals surface area contributed by atoms with Crippen molar-refractivity contribution in [2.45, 2.75) is 26.2 Å². The molecule has 0 aliphatic carbocycles. The summed E-state index contributed by atoms with van der Waals surface area (Å²) in [5, 5.41) is 0. The van der Waals surface area contributed by atoms with Crippen molar-refractivity contribution in [2.75, 3.05) is 13.2 Å². The lowest BCUT2D eigenvalue weighted by Gasteiger charge is -2.10. The van der Waals surface area contributed by atoms with Crippen LogP contribution in [0.5, 0.6) is 0 Å². The second kappa shape index (κ2) is 9.50. The first-order chi connectivity index (χ1) is 11.7. The Bertz CT molecular complexity index is 664. The first-order valence-electron chi connectivity index (χ1n) is 8.19. The van der Waals surface area contributed by atoms with Gasteiger partial charge in [-0.1, -0.05) is 68.3 Å². The summed E-state index contributed by atoms with van der Waals surface area (Å²) in [7, 11) is 0. The molecule has 2 aromatic rings. The maximum atomic E-state index is 12.3. The van der Waals surface area contributed by atoms with E-state index in [9.17, 15) is 9.59 Å². The Morgan fingerprint density at radius 3 is 2.33 bits per heavy atom. The van der Waals surface area contributed by atoms with E-state index in [1.807, 2.05) is 42.5 Å². The van der Waals surface area contributed by atoms with Gasteiger partial charge in [-0.2, -0.15) is 0 Å². The third-order valence-corrected chi connectivity index (χ3v) is 3.56. The molecule has 2 rings (SSSR count). The summed E-state index contributed by atoms with van der Waals surface area (Å²) < 4.78 is 10.1. The lowest BCUT2D eigenvalue weighted by molar-refractivity contribution is -0.147. The molecule has 0 amide bonds. The third-order valence-electron chi connectivity index (χ3n) is 3.56. The average molecular weight is 326 g/mol. The van der Waals surface area contributed by atoms with Crippen LogP contribution in [-0.4, -0.2) is 25.2 Å². The highest BCUT2D eigenvalue weighted by Gasteiger charge is 2.15. The second-order valence-corrected chi connectivity index (χ2v) is 5.42. The molecule has 4 nitrogen and oxygen atoms in total. The van der Waals surface area contributed by atoms with Gasteiger partial charge >= 0.3 is 11.9 Å². The Labute approximate surface area is 142 Å². The van der Waals surface area contributed by atoms with Crippen LogP contribution in [-0.2, 0) is 14.3 Å². The monoisotopic (exact) mass is 326 g/mol. The van der Waals surface area contributed by atoms with Gasteiger partial charge in [0.2, 0.25) is 0 Å². The standard InChI is InChI=1S/C20H22O4/c1-2-3-9-14-23-19(21)15-24-20(22)18-13-8-7-12-17(18)16-10-5-4-6-11-16/h4-8,10-13H,2-3,9,14-15H2,1H3. The molecule has 24 heavy (non-hydrogen) atoms. The van der Waals surface area contributed by atoms with Gasteiger partial charge in [0.1, 0.15) is 0 Å². The summed E-state index contributed by atoms with van der Waals surface area (Å²) in [6.45, 7) is 2.08. The highest BCUT2D eigenvalue weighted by molar-refractivity contribution is 5.98. The van der Waals surface area contributed by atoms with Crippen LogP contribution in [0.2, 0.25) is 0 Å². The Kier molecular flexibility index (Phi) is 7.02. The van der Waals surface area contributed by atoms with Crippen molar-refractivity contribution in [3.63, 3.8) is 0 Å². The number of carbonyl (C=O) groups is 2. The van der Waals surface area contributed by atoms with Crippen LogP contribution in [0.25, 0.3) is 11.1 Å². The normalized spacial score (nSPS) is 10.2. The molecule has 0 radical (unpaired) electrons. The summed E-state index contributed by atoms with van der Waals surface area (Å²) in [6, 6.07) is 16.8. The number of benzene rings is 2. The highest BCUT2D eigenvalue weighted by Crippen LogP contribution is 2.23. The first-order valence-corrected chi connectivity index (χ1v) is 8.19. The number of unbranched alkanes of at least 4 members (excludes halogenated alkanes) is 2. The molecular formula is C20H22O4. The Balaban J connectivity index is 1.95. The Hall–Kier alpha value is -2.62. The largest absolute Gasteiger partial charge is 0.463 e. The van der Waals surface area contributed by atoms with E-state index in [0.717, 1.165) is 30.4 Å². The number of carbonyl (C=O) groups excluding carboxylic acids is 2. The topological polar surface area (TPSA) is 52.6 Å². The van der Waals surface area contributed by atoms with Crippen molar-refractivity contribution in [2.24, 2.45) is 0 Å². The minimum Gasteiger partial charge on any atom is -0.463 e. The second-order valence-electron chi connectivity index (χ2n) is 5.42. The molecule has 0 saturated heterocycles. The molecule has 4 heteroatoms. The van der Waals surface area contributed by atoms with Crippen LogP contribution in [0.4, 0.5) is 0 Å². The molecule has 0 unspecified atom stereocenters. The lowest BCUT2D eigenvalue weighted by Crippen LogP contribution is -2.17. The number of hydrogen-bond donors (Lipinski definition) is 0. The van der Waals surface area contributed by atoms with Crippen molar-refractivity contribution < 1.29 is 19.1 Å². The van der Waals surface area contributed by atoms with Crippen molar-refractivity contribution in [1.29, 1.82) is 0 Å². The van der Waals surface area contributed by atoms with Crippen LogP contribution in [0.15, 0.2) is 54.6 Å². The SMILES string of the molecule is CCCCCOC(=O)COC(=O)c1ccccc1-c1ccccc1. The van der Waals surface area contributed by atoms with Gasteiger partial charge in [0.15, 0.2) is 6.61 Å². The molecule has 0 N–H and O–H groups in total. The molecular weight excluding hydrogens is 304 g/mol. The van der Waals surface area contributed by atoms with Gasteiger partial charge in [-0.15, -0.1) is 0 Å². The van der Waals surface area contributed by atoms with Crippen LogP contribution in [0.1, 0.15) is 36.5 Å². The fourth-order valence-electron chi connectivity index (χ4n) is 2.31. The molecule has 126 valence electrons. The number of esters is 2. The fraction of sp³-hybridized carbons (Fsp3) is 0.300. The number of ether oxygens (including phenoxy) is 2. The molecule has 0 heterocycles. The number of hydrogen-bond acceptors (Lipinski definition) is 4. The molecule has 0 aliphatic heterocycles. The van der Waals surface area contributed by atoms with Gasteiger partial charge in [-0.3, -0.25) is 0 Å². The summed E-state index contributed by atoms with van der Waals surface area (Å²) in [5.74, 6) is -1.04. The molecule has 0 fully saturated rings. The molecule has 0 aliphatic rings. The molecule has 2 aromatic carbocycles. The van der Waals surface area contributed by atoms with E-state index >= 15 is 0 Å². The summed E-state index contributed by atoms with van der Waals surface area (Å²) in [4.78, 5) is 23.9. The van der Waals surface area contributed by atoms with Crippen molar-refractivity contribution in [3.8, 4) is 11.1 Å². The van der Waals surface area contributed by atoms with E-state index in [2.05, 4.69) is 6.92 Å². The van der Waals surface area contributed by atoms with Crippen LogP contribution in [0.3, 0.4) is 0 Å². The van der Waals surface area contributed by atoms with E-state index in [1.165, 1.54) is 0 Å². The summed E-state index contributed by atoms with van der Waals surface area (Å²) >= 11 is 0. The quantitative estimate of drug-likeness (QED) is 0.538. The predicted molar refractivity (Wildman–Crippen MR) is 92.6 cm³/mol. The van der Waals surface area contributed by atoms with Crippen LogP contribution in [0, 0.1) is 0 Å². The maximum Gasteiger partial charge on any atom is 0.344 e. The maximum absolute atomic E-state index is 12.3. The summed E-state index contributed by atoms with van der Waals surface area (Å²) in [5.41, 5.74) is 2.13. The fourth-order valence-corrected chi connectivity index (χ4v) is 2.31. The van der Waals surface area contributed by atoms with Crippen molar-refractivity contribution in [3.05, 3.63) is 60.2 Å². The lowest BCUT2D eigenvalue weighted by atomic mass is 10.00. The molecule has 0 bridgehead atoms. The van der Waals surface area contributed by atoms with E-state index in [1.54, 1.807) is 12.1 Å². The molecule has 0 atom stereocenters. The van der Waals surface area contributed by atoms with E-state index in [-0.39, 0.29) is 6.61 Å². The van der Waals surface area contributed by atoms with Gasteiger partial charge in [0.05, 0.1) is 12.2 Å². The van der Waals surface area contributed by atoms with Gasteiger partial charge < -0.3 is 9.47 Å². The van der Waals surface area contributed by atoms with E-state index in [4.69, 9.17) is 9.47 Å². The van der Waals surface area contributed by atoms with Gasteiger partial charge in [0, 0.05) is 0 Å². The smallest absolute Gasteiger partial charge is 0.344 e. The van der Waals surface area contributed by atoms with Gasteiger partial charge in [-0.25, -0.2) is 9.59 Å². The highest BCUT2D eigenvalue weighted by atomic mass is 16.6. The Morgan fingerprint density at radius 2 is 1.58 bits per heavy atom. The van der Waals surface area contributed by atoms with Crippen molar-refractivity contribution in [1.82, 2.24) is 0 Å². The van der Waals surface area contributed by atoms with Crippen LogP contribution >= 0.6 is 0 Å². The predicted octanol–water partition coefficient (Wildman–Crippen LogP) is 4.24. The zero-order valence-corrected chi connectivity index (χ0v) is 13.9. The van der Waals surface area contributed by atoms with E-state index in [0.29, 0.717) is 12.2 Å². The molecule has 0 saturated carbocycles. The average Bonchev–Trinajstić information content (AvgIpc) is 2.64. The van der Waals surface area contributed by atoms with E-state index < -0.39 is 11.9 Å². The Morgan fingerprint density at radius 1 is 0.875 bits per heavy atom. The zero-order valence-electron chi connectivity index (χ0n) is 13.9. The molecule has 0 spiro atoms. The van der Waals surface area contributed by atoms with Crippen molar-refractivity contribution >= 4 is 11.9 Å². The van der Waals surface area contributed by atoms with Gasteiger partial charge in [0.25, 0.3) is 0 Å².